The molecule has 0 bridgehead atoms. The van der Waals surface area contributed by atoms with Crippen LogP contribution in [0.2, 0.25) is 0 Å². The van der Waals surface area contributed by atoms with Gasteiger partial charge < -0.3 is 24.8 Å². The van der Waals surface area contributed by atoms with Crippen molar-refractivity contribution in [3.05, 3.63) is 48.7 Å². The number of nitrogens with one attached hydrogen (secondary N) is 2. The highest BCUT2D eigenvalue weighted by Crippen LogP contribution is 2.37. The molecular formula is C22H20N4O5. The molecule has 2 aliphatic rings. The first-order chi connectivity index (χ1) is 15.1. The van der Waals surface area contributed by atoms with Gasteiger partial charge in [0.05, 0.1) is 19.7 Å². The Morgan fingerprint density at radius 3 is 2.90 bits per heavy atom. The maximum Gasteiger partial charge on any atom is 0.251 e. The van der Waals surface area contributed by atoms with Crippen LogP contribution in [0.5, 0.6) is 17.2 Å². The summed E-state index contributed by atoms with van der Waals surface area (Å²) in [6, 6.07) is 12.0. The Morgan fingerprint density at radius 1 is 1.23 bits per heavy atom. The van der Waals surface area contributed by atoms with Crippen LogP contribution in [0, 0.1) is 0 Å². The lowest BCUT2D eigenvalue weighted by Gasteiger charge is -2.19. The van der Waals surface area contributed by atoms with Gasteiger partial charge in [-0.25, -0.2) is 4.68 Å². The average Bonchev–Trinajstić information content (AvgIpc) is 3.33. The van der Waals surface area contributed by atoms with Gasteiger partial charge in [0.1, 0.15) is 30.8 Å². The second kappa shape index (κ2) is 7.67. The van der Waals surface area contributed by atoms with E-state index in [2.05, 4.69) is 15.7 Å². The van der Waals surface area contributed by atoms with Crippen LogP contribution >= 0.6 is 0 Å². The third kappa shape index (κ3) is 3.54. The molecule has 1 unspecified atom stereocenters. The van der Waals surface area contributed by atoms with Crippen LogP contribution in [-0.2, 0) is 9.59 Å². The molecule has 0 saturated carbocycles. The van der Waals surface area contributed by atoms with Crippen molar-refractivity contribution in [1.29, 1.82) is 0 Å². The Kier molecular flexibility index (Phi) is 4.70. The summed E-state index contributed by atoms with van der Waals surface area (Å²) < 4.78 is 17.9. The van der Waals surface area contributed by atoms with Gasteiger partial charge in [-0.1, -0.05) is 12.1 Å². The quantitative estimate of drug-likeness (QED) is 0.658. The molecule has 2 aromatic carbocycles. The minimum atomic E-state index is -0.730. The zero-order chi connectivity index (χ0) is 21.4. The van der Waals surface area contributed by atoms with Crippen LogP contribution in [0.4, 0.5) is 11.5 Å². The molecule has 0 saturated heterocycles. The van der Waals surface area contributed by atoms with Crippen LogP contribution in [0.25, 0.3) is 11.1 Å². The average molecular weight is 420 g/mol. The molecule has 0 spiro atoms. The number of nitrogens with zero attached hydrogens (tertiary/aromatic N) is 2. The maximum absolute atomic E-state index is 12.6. The Morgan fingerprint density at radius 2 is 2.06 bits per heavy atom. The van der Waals surface area contributed by atoms with Gasteiger partial charge >= 0.3 is 0 Å². The van der Waals surface area contributed by atoms with Crippen LogP contribution in [-0.4, -0.2) is 41.9 Å². The van der Waals surface area contributed by atoms with Gasteiger partial charge in [0, 0.05) is 17.3 Å². The number of fused-ring (bicyclic) bond motifs is 2. The van der Waals surface area contributed by atoms with Crippen molar-refractivity contribution in [3.63, 3.8) is 0 Å². The van der Waals surface area contributed by atoms with E-state index >= 15 is 0 Å². The lowest BCUT2D eigenvalue weighted by molar-refractivity contribution is -0.123. The highest BCUT2D eigenvalue weighted by atomic mass is 16.6. The van der Waals surface area contributed by atoms with Gasteiger partial charge in [-0.3, -0.25) is 9.59 Å². The minimum absolute atomic E-state index is 0.0491. The number of ether oxygens (including phenoxy) is 3. The highest BCUT2D eigenvalue weighted by Gasteiger charge is 2.35. The molecule has 9 heteroatoms. The number of amides is 2. The molecule has 0 aliphatic carbocycles. The van der Waals surface area contributed by atoms with Gasteiger partial charge in [0.2, 0.25) is 5.91 Å². The van der Waals surface area contributed by atoms with E-state index in [-0.39, 0.29) is 18.2 Å². The summed E-state index contributed by atoms with van der Waals surface area (Å²) in [5.74, 6) is 1.92. The van der Waals surface area contributed by atoms with Crippen LogP contribution in [0.3, 0.4) is 0 Å². The number of aromatic nitrogens is 2. The number of hydrogen-bond donors (Lipinski definition) is 2. The summed E-state index contributed by atoms with van der Waals surface area (Å²) in [5, 5.41) is 10.0. The number of anilines is 2. The molecule has 2 amide bonds. The lowest BCUT2D eigenvalue weighted by atomic mass is 10.1. The topological polar surface area (TPSA) is 104 Å². The van der Waals surface area contributed by atoms with E-state index in [1.807, 2.05) is 24.3 Å². The maximum atomic E-state index is 12.6. The van der Waals surface area contributed by atoms with Crippen molar-refractivity contribution >= 4 is 23.3 Å². The SMILES string of the molecule is COc1cccc(-c2cnn3c2NC(=O)C3CC(=O)Nc2ccc3c(c2)OCCO3)c1. The predicted octanol–water partition coefficient (Wildman–Crippen LogP) is 2.85. The summed E-state index contributed by atoms with van der Waals surface area (Å²) in [6.45, 7) is 0.962. The summed E-state index contributed by atoms with van der Waals surface area (Å²) in [4.78, 5) is 25.2. The van der Waals surface area contributed by atoms with E-state index in [4.69, 9.17) is 14.2 Å². The summed E-state index contributed by atoms with van der Waals surface area (Å²) in [5.41, 5.74) is 2.20. The molecule has 2 N–H and O–H groups in total. The molecule has 0 radical (unpaired) electrons. The smallest absolute Gasteiger partial charge is 0.251 e. The minimum Gasteiger partial charge on any atom is -0.497 e. The number of carbonyl (C=O) groups excluding carboxylic acids is 2. The highest BCUT2D eigenvalue weighted by molar-refractivity contribution is 6.04. The number of benzene rings is 2. The van der Waals surface area contributed by atoms with E-state index in [0.717, 1.165) is 11.1 Å². The molecule has 3 heterocycles. The lowest BCUT2D eigenvalue weighted by Crippen LogP contribution is -2.23. The van der Waals surface area contributed by atoms with Crippen LogP contribution in [0.15, 0.2) is 48.7 Å². The van der Waals surface area contributed by atoms with Crippen molar-refractivity contribution in [2.45, 2.75) is 12.5 Å². The third-order valence-corrected chi connectivity index (χ3v) is 5.22. The molecular weight excluding hydrogens is 400 g/mol. The summed E-state index contributed by atoms with van der Waals surface area (Å²) in [6.07, 6.45) is 1.63. The van der Waals surface area contributed by atoms with Gasteiger partial charge in [-0.15, -0.1) is 0 Å². The molecule has 158 valence electrons. The van der Waals surface area contributed by atoms with Gasteiger partial charge in [-0.05, 0) is 29.8 Å². The van der Waals surface area contributed by atoms with Crippen LogP contribution < -0.4 is 24.8 Å². The first-order valence-corrected chi connectivity index (χ1v) is 9.84. The van der Waals surface area contributed by atoms with Crippen molar-refractivity contribution in [1.82, 2.24) is 9.78 Å². The molecule has 0 fully saturated rings. The van der Waals surface area contributed by atoms with Crippen LogP contribution in [0.1, 0.15) is 12.5 Å². The predicted molar refractivity (Wildman–Crippen MR) is 113 cm³/mol. The normalized spacial score (nSPS) is 16.4. The molecule has 31 heavy (non-hydrogen) atoms. The van der Waals surface area contributed by atoms with Crippen molar-refractivity contribution < 1.29 is 23.8 Å². The fraction of sp³-hybridized carbons (Fsp3) is 0.227. The van der Waals surface area contributed by atoms with Gasteiger partial charge in [-0.2, -0.15) is 5.10 Å². The van der Waals surface area contributed by atoms with E-state index in [1.165, 1.54) is 0 Å². The van der Waals surface area contributed by atoms with E-state index in [0.29, 0.717) is 42.0 Å². The van der Waals surface area contributed by atoms with Crippen molar-refractivity contribution in [2.24, 2.45) is 0 Å². The van der Waals surface area contributed by atoms with Gasteiger partial charge in [0.25, 0.3) is 5.91 Å². The second-order valence-corrected chi connectivity index (χ2v) is 7.20. The fourth-order valence-corrected chi connectivity index (χ4v) is 3.72. The van der Waals surface area contributed by atoms with Crippen molar-refractivity contribution in [3.8, 4) is 28.4 Å². The Hall–Kier alpha value is -4.01. The van der Waals surface area contributed by atoms with E-state index in [1.54, 1.807) is 36.2 Å². The molecule has 2 aliphatic heterocycles. The van der Waals surface area contributed by atoms with Crippen molar-refractivity contribution in [2.75, 3.05) is 31.0 Å². The zero-order valence-electron chi connectivity index (χ0n) is 16.8. The van der Waals surface area contributed by atoms with E-state index in [9.17, 15) is 9.59 Å². The first kappa shape index (κ1) is 19.0. The number of rotatable bonds is 5. The zero-order valence-corrected chi connectivity index (χ0v) is 16.8. The number of methoxy groups -OCH3 is 1. The first-order valence-electron chi connectivity index (χ1n) is 9.84. The molecule has 1 atom stereocenters. The third-order valence-electron chi connectivity index (χ3n) is 5.22. The molecule has 1 aromatic heterocycles. The van der Waals surface area contributed by atoms with E-state index < -0.39 is 6.04 Å². The molecule has 9 nitrogen and oxygen atoms in total. The summed E-state index contributed by atoms with van der Waals surface area (Å²) >= 11 is 0. The number of hydrogen-bond acceptors (Lipinski definition) is 6. The van der Waals surface area contributed by atoms with Gasteiger partial charge in [0.15, 0.2) is 11.5 Å². The second-order valence-electron chi connectivity index (χ2n) is 7.20. The standard InChI is InChI=1S/C22H20N4O5/c1-29-15-4-2-3-13(9-15)16-12-23-26-17(22(28)25-21(16)26)11-20(27)24-14-5-6-18-19(10-14)31-8-7-30-18/h2-6,9-10,12,17H,7-8,11H2,1H3,(H,24,27)(H,25,28). The Bertz CT molecular complexity index is 1170. The molecule has 5 rings (SSSR count). The largest absolute Gasteiger partial charge is 0.497 e. The molecule has 3 aromatic rings. The Balaban J connectivity index is 1.33. The number of carbonyl (C=O) groups is 2. The summed E-state index contributed by atoms with van der Waals surface area (Å²) in [7, 11) is 1.60. The fourth-order valence-electron chi connectivity index (χ4n) is 3.72. The monoisotopic (exact) mass is 420 g/mol. The Labute approximate surface area is 177 Å².